The predicted octanol–water partition coefficient (Wildman–Crippen LogP) is 2.91. The van der Waals surface area contributed by atoms with E-state index < -0.39 is 0 Å². The van der Waals surface area contributed by atoms with Crippen LogP contribution in [-0.2, 0) is 0 Å². The minimum Gasteiger partial charge on any atom is -0.298 e. The molecule has 1 nitrogen and oxygen atoms in total. The van der Waals surface area contributed by atoms with Crippen LogP contribution in [0.4, 0.5) is 0 Å². The van der Waals surface area contributed by atoms with Gasteiger partial charge in [-0.1, -0.05) is 13.3 Å². The fourth-order valence-corrected chi connectivity index (χ4v) is 2.43. The average Bonchev–Trinajstić information content (AvgIpc) is 2.03. The summed E-state index contributed by atoms with van der Waals surface area (Å²) in [7, 11) is 0. The molecule has 1 aliphatic rings. The van der Waals surface area contributed by atoms with Crippen molar-refractivity contribution in [3.05, 3.63) is 0 Å². The van der Waals surface area contributed by atoms with Crippen molar-refractivity contribution >= 4 is 0 Å². The molecule has 0 saturated carbocycles. The van der Waals surface area contributed by atoms with Gasteiger partial charge in [0, 0.05) is 12.1 Å². The molecule has 1 rings (SSSR count). The average molecular weight is 169 g/mol. The Balaban J connectivity index is 2.42. The van der Waals surface area contributed by atoms with E-state index in [0.29, 0.717) is 0 Å². The fourth-order valence-electron chi connectivity index (χ4n) is 2.43. The molecule has 0 amide bonds. The molecule has 0 aliphatic carbocycles. The van der Waals surface area contributed by atoms with Crippen LogP contribution in [0.1, 0.15) is 47.0 Å². The summed E-state index contributed by atoms with van der Waals surface area (Å²) in [6.45, 7) is 10.6. The molecular formula is C11H23N. The van der Waals surface area contributed by atoms with Crippen LogP contribution in [0.2, 0.25) is 0 Å². The van der Waals surface area contributed by atoms with Crippen molar-refractivity contribution in [1.29, 1.82) is 0 Å². The van der Waals surface area contributed by atoms with Gasteiger partial charge in [0.1, 0.15) is 0 Å². The molecule has 0 N–H and O–H groups in total. The highest BCUT2D eigenvalue weighted by Crippen LogP contribution is 2.26. The number of hydrogen-bond donors (Lipinski definition) is 0. The van der Waals surface area contributed by atoms with Gasteiger partial charge >= 0.3 is 0 Å². The number of hydrogen-bond acceptors (Lipinski definition) is 1. The minimum absolute atomic E-state index is 0.734. The number of piperidine rings is 1. The molecule has 12 heavy (non-hydrogen) atoms. The number of nitrogens with zero attached hydrogens (tertiary/aromatic N) is 1. The summed E-state index contributed by atoms with van der Waals surface area (Å²) in [4.78, 5) is 2.63. The van der Waals surface area contributed by atoms with Gasteiger partial charge in [0.15, 0.2) is 0 Å². The lowest BCUT2D eigenvalue weighted by Crippen LogP contribution is -2.44. The van der Waals surface area contributed by atoms with Crippen LogP contribution in [0.15, 0.2) is 0 Å². The highest BCUT2D eigenvalue weighted by molar-refractivity contribution is 4.80. The van der Waals surface area contributed by atoms with E-state index in [1.165, 1.54) is 25.8 Å². The molecule has 0 aromatic rings. The maximum Gasteiger partial charge on any atom is 0.00722 e. The molecule has 0 aromatic heterocycles. The molecule has 1 saturated heterocycles. The van der Waals surface area contributed by atoms with Crippen LogP contribution in [0.3, 0.4) is 0 Å². The van der Waals surface area contributed by atoms with E-state index in [9.17, 15) is 0 Å². The van der Waals surface area contributed by atoms with Crippen LogP contribution < -0.4 is 0 Å². The van der Waals surface area contributed by atoms with Crippen molar-refractivity contribution in [3.8, 4) is 0 Å². The lowest BCUT2D eigenvalue weighted by atomic mass is 9.89. The third-order valence-electron chi connectivity index (χ3n) is 3.28. The quantitative estimate of drug-likeness (QED) is 0.614. The van der Waals surface area contributed by atoms with Crippen LogP contribution in [0, 0.1) is 5.92 Å². The first-order chi connectivity index (χ1) is 5.65. The maximum atomic E-state index is 2.63. The predicted molar refractivity (Wildman–Crippen MR) is 54.3 cm³/mol. The van der Waals surface area contributed by atoms with Gasteiger partial charge in [0.2, 0.25) is 0 Å². The zero-order chi connectivity index (χ0) is 9.14. The normalized spacial score (nSPS) is 32.8. The Kier molecular flexibility index (Phi) is 3.57. The summed E-state index contributed by atoms with van der Waals surface area (Å²) < 4.78 is 0. The van der Waals surface area contributed by atoms with Crippen LogP contribution in [-0.4, -0.2) is 23.5 Å². The molecule has 0 spiro atoms. The Bertz CT molecular complexity index is 131. The summed E-state index contributed by atoms with van der Waals surface area (Å²) >= 11 is 0. The molecule has 72 valence electrons. The van der Waals surface area contributed by atoms with Crippen molar-refractivity contribution in [1.82, 2.24) is 4.90 Å². The van der Waals surface area contributed by atoms with Crippen LogP contribution >= 0.6 is 0 Å². The Morgan fingerprint density at radius 3 is 2.50 bits per heavy atom. The van der Waals surface area contributed by atoms with Gasteiger partial charge in [-0.15, -0.1) is 0 Å². The fraction of sp³-hybridized carbons (Fsp3) is 1.00. The smallest absolute Gasteiger partial charge is 0.00722 e. The van der Waals surface area contributed by atoms with Gasteiger partial charge in [0.25, 0.3) is 0 Å². The highest BCUT2D eigenvalue weighted by Gasteiger charge is 2.25. The second-order valence-electron chi connectivity index (χ2n) is 4.48. The summed E-state index contributed by atoms with van der Waals surface area (Å²) in [6.07, 6.45) is 4.20. The van der Waals surface area contributed by atoms with E-state index in [1.54, 1.807) is 0 Å². The third kappa shape index (κ3) is 2.22. The lowest BCUT2D eigenvalue weighted by molar-refractivity contribution is 0.0907. The zero-order valence-corrected chi connectivity index (χ0v) is 9.01. The van der Waals surface area contributed by atoms with Gasteiger partial charge in [-0.3, -0.25) is 4.90 Å². The van der Waals surface area contributed by atoms with E-state index in [0.717, 1.165) is 18.0 Å². The lowest BCUT2D eigenvalue weighted by Gasteiger charge is -2.40. The van der Waals surface area contributed by atoms with Gasteiger partial charge in [-0.05, 0) is 46.1 Å². The summed E-state index contributed by atoms with van der Waals surface area (Å²) in [5.41, 5.74) is 0. The summed E-state index contributed by atoms with van der Waals surface area (Å²) in [5, 5.41) is 0. The molecule has 0 aromatic carbocycles. The monoisotopic (exact) mass is 169 g/mol. The molecule has 1 heteroatoms. The molecule has 0 radical (unpaired) electrons. The first kappa shape index (κ1) is 10.0. The van der Waals surface area contributed by atoms with E-state index in [1.807, 2.05) is 0 Å². The van der Waals surface area contributed by atoms with Crippen molar-refractivity contribution in [2.45, 2.75) is 59.0 Å². The Labute approximate surface area is 77.1 Å². The minimum atomic E-state index is 0.734. The third-order valence-corrected chi connectivity index (χ3v) is 3.28. The van der Waals surface area contributed by atoms with Crippen molar-refractivity contribution in [2.24, 2.45) is 5.92 Å². The maximum absolute atomic E-state index is 2.63. The molecule has 2 atom stereocenters. The van der Waals surface area contributed by atoms with Gasteiger partial charge in [-0.25, -0.2) is 0 Å². The van der Waals surface area contributed by atoms with E-state index in [4.69, 9.17) is 0 Å². The van der Waals surface area contributed by atoms with Gasteiger partial charge in [-0.2, -0.15) is 0 Å². The first-order valence-electron chi connectivity index (χ1n) is 5.40. The number of likely N-dealkylation sites (tertiary alicyclic amines) is 1. The molecular weight excluding hydrogens is 146 g/mol. The second-order valence-corrected chi connectivity index (χ2v) is 4.48. The standard InChI is InChI=1S/C11H23N/c1-5-11-6-7-12(9(2)3)10(4)8-11/h9-11H,5-8H2,1-4H3/t10-,11?/m1/s1. The highest BCUT2D eigenvalue weighted by atomic mass is 15.2. The molecule has 1 aliphatic heterocycles. The Hall–Kier alpha value is -0.0400. The molecule has 1 heterocycles. The molecule has 0 bridgehead atoms. The van der Waals surface area contributed by atoms with E-state index in [2.05, 4.69) is 32.6 Å². The summed E-state index contributed by atoms with van der Waals surface area (Å²) in [5.74, 6) is 0.995. The van der Waals surface area contributed by atoms with Crippen molar-refractivity contribution in [2.75, 3.05) is 6.54 Å². The van der Waals surface area contributed by atoms with Crippen molar-refractivity contribution in [3.63, 3.8) is 0 Å². The first-order valence-corrected chi connectivity index (χ1v) is 5.40. The largest absolute Gasteiger partial charge is 0.298 e. The molecule has 1 unspecified atom stereocenters. The van der Waals surface area contributed by atoms with Crippen molar-refractivity contribution < 1.29 is 0 Å². The van der Waals surface area contributed by atoms with E-state index in [-0.39, 0.29) is 0 Å². The second kappa shape index (κ2) is 4.27. The molecule has 1 fully saturated rings. The van der Waals surface area contributed by atoms with Gasteiger partial charge in [0.05, 0.1) is 0 Å². The van der Waals surface area contributed by atoms with Crippen LogP contribution in [0.5, 0.6) is 0 Å². The Morgan fingerprint density at radius 2 is 2.08 bits per heavy atom. The topological polar surface area (TPSA) is 3.24 Å². The Morgan fingerprint density at radius 1 is 1.42 bits per heavy atom. The summed E-state index contributed by atoms with van der Waals surface area (Å²) in [6, 6.07) is 1.54. The SMILES string of the molecule is CCC1CCN(C(C)C)[C@H](C)C1. The van der Waals surface area contributed by atoms with Crippen LogP contribution in [0.25, 0.3) is 0 Å². The van der Waals surface area contributed by atoms with E-state index >= 15 is 0 Å². The van der Waals surface area contributed by atoms with Gasteiger partial charge < -0.3 is 0 Å². The zero-order valence-electron chi connectivity index (χ0n) is 9.01. The number of rotatable bonds is 2.